The lowest BCUT2D eigenvalue weighted by molar-refractivity contribution is 0.518. The van der Waals surface area contributed by atoms with Crippen LogP contribution in [0.15, 0.2) is 138 Å². The van der Waals surface area contributed by atoms with E-state index in [-0.39, 0.29) is 6.04 Å². The maximum Gasteiger partial charge on any atom is 0.142 e. The van der Waals surface area contributed by atoms with Crippen LogP contribution in [0.4, 0.5) is 17.1 Å². The average Bonchev–Trinajstić information content (AvgIpc) is 3.71. The van der Waals surface area contributed by atoms with Gasteiger partial charge in [0.2, 0.25) is 0 Å². The molecule has 6 aromatic carbocycles. The Balaban J connectivity index is 1.12. The summed E-state index contributed by atoms with van der Waals surface area (Å²) < 4.78 is 9.58. The van der Waals surface area contributed by atoms with Crippen LogP contribution in [-0.2, 0) is 6.42 Å². The van der Waals surface area contributed by atoms with Crippen LogP contribution in [0, 0.1) is 0 Å². The summed E-state index contributed by atoms with van der Waals surface area (Å²) in [7, 11) is 0. The molecule has 48 heavy (non-hydrogen) atoms. The molecule has 0 spiro atoms. The lowest BCUT2D eigenvalue weighted by Gasteiger charge is -2.28. The Hall–Kier alpha value is -5.58. The number of hydrogen-bond acceptors (Lipinski definition) is 4. The lowest BCUT2D eigenvalue weighted by Crippen LogP contribution is -2.37. The monoisotopic (exact) mass is 636 g/mol. The van der Waals surface area contributed by atoms with E-state index in [1.165, 1.54) is 41.9 Å². The quantitative estimate of drug-likeness (QED) is 0.204. The average molecular weight is 637 g/mol. The summed E-state index contributed by atoms with van der Waals surface area (Å²) in [4.78, 5) is 2.42. The number of para-hydroxylation sites is 1. The normalized spacial score (nSPS) is 15.5. The number of hydrogen-bond donors (Lipinski definition) is 1. The SMILES string of the molecule is C1=CC(NC2=c3sc4ccccc4c3=CCC2)Cc2oc3c(cc(N(c4ccccc4)c4cccc5ccccc45)c4ccccc43)c21. The van der Waals surface area contributed by atoms with Crippen LogP contribution >= 0.6 is 11.3 Å². The largest absolute Gasteiger partial charge is 0.460 e. The van der Waals surface area contributed by atoms with Crippen LogP contribution in [-0.4, -0.2) is 6.04 Å². The highest BCUT2D eigenvalue weighted by Gasteiger charge is 2.26. The van der Waals surface area contributed by atoms with Gasteiger partial charge >= 0.3 is 0 Å². The molecule has 1 unspecified atom stereocenters. The minimum Gasteiger partial charge on any atom is -0.460 e. The number of furan rings is 1. The highest BCUT2D eigenvalue weighted by atomic mass is 32.1. The molecular formula is C44H32N2OS. The number of anilines is 3. The zero-order valence-electron chi connectivity index (χ0n) is 26.3. The molecule has 2 aromatic heterocycles. The number of nitrogens with zero attached hydrogens (tertiary/aromatic N) is 1. The van der Waals surface area contributed by atoms with Crippen LogP contribution in [0.25, 0.3) is 60.4 Å². The van der Waals surface area contributed by atoms with Crippen molar-refractivity contribution in [2.24, 2.45) is 0 Å². The van der Waals surface area contributed by atoms with Gasteiger partial charge in [0.15, 0.2) is 0 Å². The van der Waals surface area contributed by atoms with Gasteiger partial charge in [-0.2, -0.15) is 0 Å². The Morgan fingerprint density at radius 1 is 0.688 bits per heavy atom. The lowest BCUT2D eigenvalue weighted by atomic mass is 9.96. The van der Waals surface area contributed by atoms with Gasteiger partial charge in [-0.15, -0.1) is 11.3 Å². The molecule has 4 heteroatoms. The van der Waals surface area contributed by atoms with E-state index in [1.54, 1.807) is 0 Å². The van der Waals surface area contributed by atoms with Crippen LogP contribution in [0.1, 0.15) is 24.2 Å². The summed E-state index contributed by atoms with van der Waals surface area (Å²) in [6.45, 7) is 0. The number of rotatable bonds is 5. The molecule has 0 radical (unpaired) electrons. The van der Waals surface area contributed by atoms with Gasteiger partial charge in [-0.05, 0) is 53.8 Å². The highest BCUT2D eigenvalue weighted by Crippen LogP contribution is 2.46. The molecule has 0 aliphatic heterocycles. The summed E-state index contributed by atoms with van der Waals surface area (Å²) in [5.74, 6) is 1.04. The molecule has 0 saturated heterocycles. The number of fused-ring (bicyclic) bond motifs is 9. The Morgan fingerprint density at radius 3 is 2.33 bits per heavy atom. The molecular weight excluding hydrogens is 605 g/mol. The summed E-state index contributed by atoms with van der Waals surface area (Å²) >= 11 is 1.91. The molecule has 1 N–H and O–H groups in total. The predicted octanol–water partition coefficient (Wildman–Crippen LogP) is 10.3. The zero-order chi connectivity index (χ0) is 31.6. The van der Waals surface area contributed by atoms with Gasteiger partial charge in [-0.1, -0.05) is 115 Å². The van der Waals surface area contributed by atoms with Crippen molar-refractivity contribution in [2.75, 3.05) is 4.90 Å². The highest BCUT2D eigenvalue weighted by molar-refractivity contribution is 7.17. The first-order chi connectivity index (χ1) is 23.8. The Kier molecular flexibility index (Phi) is 6.31. The smallest absolute Gasteiger partial charge is 0.142 e. The molecule has 10 rings (SSSR count). The van der Waals surface area contributed by atoms with E-state index in [0.717, 1.165) is 63.8 Å². The van der Waals surface area contributed by atoms with Crippen molar-refractivity contribution in [2.45, 2.75) is 25.3 Å². The molecule has 0 amide bonds. The van der Waals surface area contributed by atoms with Crippen molar-refractivity contribution in [1.82, 2.24) is 5.32 Å². The Morgan fingerprint density at radius 2 is 1.44 bits per heavy atom. The molecule has 0 fully saturated rings. The van der Waals surface area contributed by atoms with E-state index in [2.05, 4.69) is 156 Å². The van der Waals surface area contributed by atoms with Crippen LogP contribution in [0.3, 0.4) is 0 Å². The maximum atomic E-state index is 6.83. The van der Waals surface area contributed by atoms with Crippen molar-refractivity contribution < 1.29 is 4.42 Å². The molecule has 2 aliphatic rings. The van der Waals surface area contributed by atoms with Crippen LogP contribution < -0.4 is 20.0 Å². The fraction of sp³-hybridized carbons (Fsp3) is 0.0909. The van der Waals surface area contributed by atoms with E-state index in [1.807, 2.05) is 11.3 Å². The first-order valence-electron chi connectivity index (χ1n) is 16.8. The van der Waals surface area contributed by atoms with Crippen molar-refractivity contribution >= 4 is 88.8 Å². The molecule has 3 nitrogen and oxygen atoms in total. The van der Waals surface area contributed by atoms with Gasteiger partial charge in [0, 0.05) is 55.0 Å². The minimum absolute atomic E-state index is 0.173. The fourth-order valence-corrected chi connectivity index (χ4v) is 9.02. The number of benzene rings is 6. The van der Waals surface area contributed by atoms with Gasteiger partial charge in [0.1, 0.15) is 11.3 Å². The van der Waals surface area contributed by atoms with E-state index < -0.39 is 0 Å². The summed E-state index contributed by atoms with van der Waals surface area (Å²) in [5.41, 5.74) is 6.92. The van der Waals surface area contributed by atoms with Crippen LogP contribution in [0.5, 0.6) is 0 Å². The first-order valence-corrected chi connectivity index (χ1v) is 17.6. The van der Waals surface area contributed by atoms with Crippen LogP contribution in [0.2, 0.25) is 0 Å². The molecule has 8 aromatic rings. The van der Waals surface area contributed by atoms with Gasteiger partial charge < -0.3 is 14.6 Å². The van der Waals surface area contributed by atoms with Crippen molar-refractivity contribution in [1.29, 1.82) is 0 Å². The third-order valence-corrected chi connectivity index (χ3v) is 11.2. The molecule has 0 bridgehead atoms. The summed E-state index contributed by atoms with van der Waals surface area (Å²) in [6.07, 6.45) is 9.94. The van der Waals surface area contributed by atoms with Crippen molar-refractivity contribution in [3.05, 3.63) is 155 Å². The Bertz CT molecular complexity index is 2690. The molecule has 0 saturated carbocycles. The second-order valence-electron chi connectivity index (χ2n) is 12.8. The second kappa shape index (κ2) is 11.0. The molecule has 2 aliphatic carbocycles. The minimum atomic E-state index is 0.173. The standard InChI is InChI=1S/C44H32N2OS/c1-2-14-30(15-3-1)46(39-22-10-13-28-12-4-5-16-31(28)39)40-27-37-33-25-24-29(26-41(33)47-43(37)35-19-7-6-17-32(35)40)45-38-21-11-20-36-34-18-8-9-23-42(34)48-44(36)38/h1-10,12-20,22-25,27,29,45H,11,21,26H2. The van der Waals surface area contributed by atoms with E-state index >= 15 is 0 Å². The van der Waals surface area contributed by atoms with Crippen molar-refractivity contribution in [3.8, 4) is 0 Å². The van der Waals surface area contributed by atoms with E-state index in [9.17, 15) is 0 Å². The van der Waals surface area contributed by atoms with Crippen molar-refractivity contribution in [3.63, 3.8) is 0 Å². The van der Waals surface area contributed by atoms with Gasteiger partial charge in [-0.3, -0.25) is 0 Å². The van der Waals surface area contributed by atoms with E-state index in [4.69, 9.17) is 4.42 Å². The topological polar surface area (TPSA) is 28.4 Å². The van der Waals surface area contributed by atoms with E-state index in [0.29, 0.717) is 0 Å². The summed E-state index contributed by atoms with van der Waals surface area (Å²) in [6, 6.07) is 45.9. The third kappa shape index (κ3) is 4.33. The fourth-order valence-electron chi connectivity index (χ4n) is 7.78. The van der Waals surface area contributed by atoms with Gasteiger partial charge in [0.25, 0.3) is 0 Å². The number of nitrogens with one attached hydrogen (secondary N) is 1. The first kappa shape index (κ1) is 27.5. The maximum absolute atomic E-state index is 6.83. The number of thiophene rings is 1. The van der Waals surface area contributed by atoms with Gasteiger partial charge in [-0.25, -0.2) is 0 Å². The predicted molar refractivity (Wildman–Crippen MR) is 204 cm³/mol. The molecule has 230 valence electrons. The summed E-state index contributed by atoms with van der Waals surface area (Å²) in [5, 5.41) is 12.6. The molecule has 2 heterocycles. The van der Waals surface area contributed by atoms with Gasteiger partial charge in [0.05, 0.1) is 21.9 Å². The third-order valence-electron chi connectivity index (χ3n) is 9.96. The Labute approximate surface area is 282 Å². The zero-order valence-corrected chi connectivity index (χ0v) is 27.1. The molecule has 1 atom stereocenters. The second-order valence-corrected chi connectivity index (χ2v) is 13.9.